The highest BCUT2D eigenvalue weighted by molar-refractivity contribution is 14.1. The third-order valence-electron chi connectivity index (χ3n) is 4.10. The van der Waals surface area contributed by atoms with Gasteiger partial charge in [0.25, 0.3) is 5.91 Å². The van der Waals surface area contributed by atoms with Crippen molar-refractivity contribution < 1.29 is 9.53 Å². The summed E-state index contributed by atoms with van der Waals surface area (Å²) in [6.45, 7) is 0.232. The molecule has 30 heavy (non-hydrogen) atoms. The van der Waals surface area contributed by atoms with Gasteiger partial charge in [0, 0.05) is 24.9 Å². The van der Waals surface area contributed by atoms with Crippen molar-refractivity contribution in [1.29, 1.82) is 5.26 Å². The molecule has 150 valence electrons. The SMILES string of the molecule is N#C/C(=C\c1ccc(OCc2c(Cl)cccc2Cl)cc1)C(=O)Nc1ccc(I)cc1. The fraction of sp³-hybridized carbons (Fsp3) is 0.0435. The lowest BCUT2D eigenvalue weighted by molar-refractivity contribution is -0.112. The molecule has 0 aliphatic rings. The second kappa shape index (κ2) is 10.5. The first-order chi connectivity index (χ1) is 14.5. The van der Waals surface area contributed by atoms with Crippen LogP contribution in [0.15, 0.2) is 72.3 Å². The summed E-state index contributed by atoms with van der Waals surface area (Å²) in [6, 6.07) is 21.6. The second-order valence-electron chi connectivity index (χ2n) is 6.19. The Balaban J connectivity index is 1.66. The number of nitriles is 1. The second-order valence-corrected chi connectivity index (χ2v) is 8.25. The van der Waals surface area contributed by atoms with E-state index in [0.717, 1.165) is 3.57 Å². The molecule has 1 amide bonds. The Kier molecular flexibility index (Phi) is 7.75. The predicted octanol–water partition coefficient (Wildman–Crippen LogP) is 6.72. The molecule has 0 atom stereocenters. The normalized spacial score (nSPS) is 10.9. The van der Waals surface area contributed by atoms with Crippen molar-refractivity contribution in [2.24, 2.45) is 0 Å². The summed E-state index contributed by atoms with van der Waals surface area (Å²) in [5, 5.41) is 13.2. The summed E-state index contributed by atoms with van der Waals surface area (Å²) in [5.41, 5.74) is 2.05. The molecule has 0 aliphatic carbocycles. The molecule has 3 aromatic carbocycles. The van der Waals surface area contributed by atoms with Crippen LogP contribution in [-0.2, 0) is 11.4 Å². The van der Waals surface area contributed by atoms with Gasteiger partial charge in [-0.3, -0.25) is 4.79 Å². The van der Waals surface area contributed by atoms with Gasteiger partial charge in [-0.2, -0.15) is 5.26 Å². The van der Waals surface area contributed by atoms with Gasteiger partial charge in [0.2, 0.25) is 0 Å². The first-order valence-corrected chi connectivity index (χ1v) is 10.6. The van der Waals surface area contributed by atoms with Crippen LogP contribution >= 0.6 is 45.8 Å². The largest absolute Gasteiger partial charge is 0.489 e. The number of hydrogen-bond donors (Lipinski definition) is 1. The number of halogens is 3. The molecule has 3 aromatic rings. The molecule has 0 bridgehead atoms. The van der Waals surface area contributed by atoms with Gasteiger partial charge < -0.3 is 10.1 Å². The number of carbonyl (C=O) groups is 1. The Hall–Kier alpha value is -2.53. The maximum atomic E-state index is 12.4. The van der Waals surface area contributed by atoms with E-state index in [2.05, 4.69) is 27.9 Å². The van der Waals surface area contributed by atoms with Gasteiger partial charge in [-0.15, -0.1) is 0 Å². The van der Waals surface area contributed by atoms with E-state index in [1.165, 1.54) is 6.08 Å². The zero-order chi connectivity index (χ0) is 21.5. The summed E-state index contributed by atoms with van der Waals surface area (Å²) in [6.07, 6.45) is 1.52. The number of ether oxygens (including phenoxy) is 1. The third kappa shape index (κ3) is 5.99. The highest BCUT2D eigenvalue weighted by Gasteiger charge is 2.10. The van der Waals surface area contributed by atoms with Crippen molar-refractivity contribution in [3.8, 4) is 11.8 Å². The topological polar surface area (TPSA) is 62.1 Å². The van der Waals surface area contributed by atoms with Crippen LogP contribution in [0.2, 0.25) is 10.0 Å². The smallest absolute Gasteiger partial charge is 0.266 e. The first kappa shape index (κ1) is 22.2. The van der Waals surface area contributed by atoms with Crippen molar-refractivity contribution in [2.75, 3.05) is 5.32 Å². The lowest BCUT2D eigenvalue weighted by Crippen LogP contribution is -2.13. The monoisotopic (exact) mass is 548 g/mol. The van der Waals surface area contributed by atoms with Crippen molar-refractivity contribution in [2.45, 2.75) is 6.61 Å². The maximum Gasteiger partial charge on any atom is 0.266 e. The molecule has 0 aliphatic heterocycles. The van der Waals surface area contributed by atoms with E-state index >= 15 is 0 Å². The first-order valence-electron chi connectivity index (χ1n) is 8.81. The average molecular weight is 549 g/mol. The average Bonchev–Trinajstić information content (AvgIpc) is 2.74. The Morgan fingerprint density at radius 2 is 1.67 bits per heavy atom. The van der Waals surface area contributed by atoms with Crippen LogP contribution in [0.4, 0.5) is 5.69 Å². The van der Waals surface area contributed by atoms with E-state index in [9.17, 15) is 10.1 Å². The molecule has 0 saturated carbocycles. The molecule has 0 heterocycles. The van der Waals surface area contributed by atoms with E-state index in [1.807, 2.05) is 18.2 Å². The Morgan fingerprint density at radius 3 is 2.27 bits per heavy atom. The van der Waals surface area contributed by atoms with Crippen LogP contribution in [0.1, 0.15) is 11.1 Å². The number of nitrogens with one attached hydrogen (secondary N) is 1. The molecule has 0 fully saturated rings. The van der Waals surface area contributed by atoms with Crippen LogP contribution in [0, 0.1) is 14.9 Å². The summed E-state index contributed by atoms with van der Waals surface area (Å²) in [7, 11) is 0. The summed E-state index contributed by atoms with van der Waals surface area (Å²) < 4.78 is 6.80. The van der Waals surface area contributed by atoms with Crippen LogP contribution < -0.4 is 10.1 Å². The zero-order valence-electron chi connectivity index (χ0n) is 15.5. The molecular formula is C23H15Cl2IN2O2. The summed E-state index contributed by atoms with van der Waals surface area (Å²) >= 11 is 14.5. The number of carbonyl (C=O) groups excluding carboxylic acids is 1. The number of benzene rings is 3. The predicted molar refractivity (Wildman–Crippen MR) is 129 cm³/mol. The number of anilines is 1. The van der Waals surface area contributed by atoms with Gasteiger partial charge in [-0.05, 0) is 82.8 Å². The van der Waals surface area contributed by atoms with Gasteiger partial charge in [-0.1, -0.05) is 41.4 Å². The van der Waals surface area contributed by atoms with Crippen molar-refractivity contribution in [3.63, 3.8) is 0 Å². The van der Waals surface area contributed by atoms with Gasteiger partial charge in [-0.25, -0.2) is 0 Å². The number of nitrogens with zero attached hydrogens (tertiary/aromatic N) is 1. The van der Waals surface area contributed by atoms with Gasteiger partial charge in [0.1, 0.15) is 24.0 Å². The van der Waals surface area contributed by atoms with E-state index in [1.54, 1.807) is 54.6 Å². The molecule has 7 heteroatoms. The van der Waals surface area contributed by atoms with E-state index in [4.69, 9.17) is 27.9 Å². The molecule has 0 aromatic heterocycles. The maximum absolute atomic E-state index is 12.4. The molecule has 3 rings (SSSR count). The van der Waals surface area contributed by atoms with E-state index < -0.39 is 5.91 Å². The standard InChI is InChI=1S/C23H15Cl2IN2O2/c24-21-2-1-3-22(25)20(21)14-30-19-10-4-15(5-11-19)12-16(13-27)23(29)28-18-8-6-17(26)7-9-18/h1-12H,14H2,(H,28,29)/b16-12+. The van der Waals surface area contributed by atoms with Crippen molar-refractivity contribution in [1.82, 2.24) is 0 Å². The minimum atomic E-state index is -0.465. The van der Waals surface area contributed by atoms with Gasteiger partial charge in [0.05, 0.1) is 0 Å². The van der Waals surface area contributed by atoms with Crippen molar-refractivity contribution >= 4 is 63.5 Å². The lowest BCUT2D eigenvalue weighted by Gasteiger charge is -2.09. The fourth-order valence-corrected chi connectivity index (χ4v) is 3.40. The van der Waals surface area contributed by atoms with Gasteiger partial charge in [0.15, 0.2) is 0 Å². The Bertz CT molecular complexity index is 1100. The molecule has 0 unspecified atom stereocenters. The summed E-state index contributed by atoms with van der Waals surface area (Å²) in [4.78, 5) is 12.4. The minimum Gasteiger partial charge on any atom is -0.489 e. The third-order valence-corrected chi connectivity index (χ3v) is 5.53. The van der Waals surface area contributed by atoms with Crippen LogP contribution in [-0.4, -0.2) is 5.91 Å². The highest BCUT2D eigenvalue weighted by atomic mass is 127. The molecule has 1 N–H and O–H groups in total. The van der Waals surface area contributed by atoms with E-state index in [-0.39, 0.29) is 12.2 Å². The number of amides is 1. The van der Waals surface area contributed by atoms with Crippen LogP contribution in [0.5, 0.6) is 5.75 Å². The minimum absolute atomic E-state index is 0.00469. The van der Waals surface area contributed by atoms with Crippen LogP contribution in [0.3, 0.4) is 0 Å². The molecular weight excluding hydrogens is 534 g/mol. The Morgan fingerprint density at radius 1 is 1.03 bits per heavy atom. The molecule has 0 spiro atoms. The zero-order valence-corrected chi connectivity index (χ0v) is 19.2. The van der Waals surface area contributed by atoms with Gasteiger partial charge >= 0.3 is 0 Å². The van der Waals surface area contributed by atoms with E-state index in [0.29, 0.717) is 32.6 Å². The molecule has 4 nitrogen and oxygen atoms in total. The van der Waals surface area contributed by atoms with Crippen LogP contribution in [0.25, 0.3) is 6.08 Å². The molecule has 0 saturated heterocycles. The molecule has 0 radical (unpaired) electrons. The lowest BCUT2D eigenvalue weighted by atomic mass is 10.1. The van der Waals surface area contributed by atoms with Crippen molar-refractivity contribution in [3.05, 3.63) is 97.0 Å². The Labute approximate surface area is 198 Å². The fourth-order valence-electron chi connectivity index (χ4n) is 2.53. The highest BCUT2D eigenvalue weighted by Crippen LogP contribution is 2.26. The number of hydrogen-bond acceptors (Lipinski definition) is 3. The summed E-state index contributed by atoms with van der Waals surface area (Å²) in [5.74, 6) is 0.150. The quantitative estimate of drug-likeness (QED) is 0.211. The number of rotatable bonds is 6.